The van der Waals surface area contributed by atoms with Gasteiger partial charge in [-0.3, -0.25) is 0 Å². The Kier molecular flexibility index (Phi) is 5.75. The summed E-state index contributed by atoms with van der Waals surface area (Å²) in [6, 6.07) is 10.7. The summed E-state index contributed by atoms with van der Waals surface area (Å²) in [6.45, 7) is 8.01. The summed E-state index contributed by atoms with van der Waals surface area (Å²) in [5, 5.41) is 23.7. The van der Waals surface area contributed by atoms with Crippen molar-refractivity contribution < 1.29 is 0 Å². The minimum Gasteiger partial charge on any atom is -0.362 e. The van der Waals surface area contributed by atoms with Crippen LogP contribution in [0.4, 0.5) is 11.6 Å². The number of likely N-dealkylation sites (N-methyl/N-ethyl adjacent to an activating group) is 1. The predicted octanol–water partition coefficient (Wildman–Crippen LogP) is 3.83. The number of benzene rings is 1. The highest BCUT2D eigenvalue weighted by Gasteiger charge is 2.25. The molecule has 3 aromatic rings. The summed E-state index contributed by atoms with van der Waals surface area (Å²) in [4.78, 5) is 9.36. The Balaban J connectivity index is 1.68. The van der Waals surface area contributed by atoms with Gasteiger partial charge in [0, 0.05) is 36.1 Å². The van der Waals surface area contributed by atoms with E-state index in [1.807, 2.05) is 32.2 Å². The van der Waals surface area contributed by atoms with E-state index < -0.39 is 0 Å². The molecule has 4 rings (SSSR count). The Morgan fingerprint density at radius 1 is 1.23 bits per heavy atom. The first-order valence-electron chi connectivity index (χ1n) is 10.7. The van der Waals surface area contributed by atoms with E-state index in [0.29, 0.717) is 11.6 Å². The first-order chi connectivity index (χ1) is 14.9. The number of hydrogen-bond donors (Lipinski definition) is 1. The summed E-state index contributed by atoms with van der Waals surface area (Å²) in [5.74, 6) is 1.71. The van der Waals surface area contributed by atoms with Crippen molar-refractivity contribution in [3.05, 3.63) is 52.8 Å². The first-order valence-corrected chi connectivity index (χ1v) is 10.7. The van der Waals surface area contributed by atoms with Crippen LogP contribution < -0.4 is 10.2 Å². The fourth-order valence-electron chi connectivity index (χ4n) is 4.34. The minimum atomic E-state index is -0.0185. The van der Waals surface area contributed by atoms with Crippen molar-refractivity contribution >= 4 is 22.4 Å². The lowest BCUT2D eigenvalue weighted by atomic mass is 9.98. The molecule has 0 spiro atoms. The number of hydrogen-bond acceptors (Lipinski definition) is 7. The average molecular weight is 416 g/mol. The lowest BCUT2D eigenvalue weighted by molar-refractivity contribution is 0.315. The van der Waals surface area contributed by atoms with Crippen LogP contribution in [0.5, 0.6) is 0 Å². The van der Waals surface area contributed by atoms with Gasteiger partial charge in [0.1, 0.15) is 5.82 Å². The van der Waals surface area contributed by atoms with Crippen molar-refractivity contribution in [3.8, 4) is 6.07 Å². The van der Waals surface area contributed by atoms with Crippen molar-refractivity contribution in [2.24, 2.45) is 0 Å². The Bertz CT molecular complexity index is 1150. The molecule has 31 heavy (non-hydrogen) atoms. The van der Waals surface area contributed by atoms with Gasteiger partial charge in [-0.05, 0) is 64.5 Å². The highest BCUT2D eigenvalue weighted by atomic mass is 15.3. The number of rotatable bonds is 5. The molecular formula is C24H29N7. The number of aromatic nitrogens is 3. The van der Waals surface area contributed by atoms with Gasteiger partial charge in [-0.1, -0.05) is 12.1 Å². The lowest BCUT2D eigenvalue weighted by Gasteiger charge is -2.22. The van der Waals surface area contributed by atoms with E-state index in [4.69, 9.17) is 4.98 Å². The van der Waals surface area contributed by atoms with Crippen molar-refractivity contribution in [3.63, 3.8) is 0 Å². The molecule has 3 heterocycles. The van der Waals surface area contributed by atoms with Gasteiger partial charge in [0.05, 0.1) is 23.4 Å². The Morgan fingerprint density at radius 3 is 2.74 bits per heavy atom. The molecule has 160 valence electrons. The normalized spacial score (nSPS) is 17.2. The fraction of sp³-hybridized carbons (Fsp3) is 0.417. The molecule has 7 heteroatoms. The molecule has 1 saturated heterocycles. The number of pyridine rings is 1. The van der Waals surface area contributed by atoms with Gasteiger partial charge in [-0.15, -0.1) is 5.10 Å². The van der Waals surface area contributed by atoms with Crippen molar-refractivity contribution in [2.75, 3.05) is 37.4 Å². The van der Waals surface area contributed by atoms with E-state index >= 15 is 0 Å². The molecule has 0 unspecified atom stereocenters. The van der Waals surface area contributed by atoms with Gasteiger partial charge in [-0.25, -0.2) is 4.98 Å². The second kappa shape index (κ2) is 8.48. The fourth-order valence-corrected chi connectivity index (χ4v) is 4.34. The summed E-state index contributed by atoms with van der Waals surface area (Å²) >= 11 is 0. The van der Waals surface area contributed by atoms with Crippen LogP contribution >= 0.6 is 0 Å². The predicted molar refractivity (Wildman–Crippen MR) is 124 cm³/mol. The van der Waals surface area contributed by atoms with E-state index in [2.05, 4.69) is 64.5 Å². The van der Waals surface area contributed by atoms with Crippen molar-refractivity contribution in [1.29, 1.82) is 5.26 Å². The highest BCUT2D eigenvalue weighted by Crippen LogP contribution is 2.31. The number of nitrogens with one attached hydrogen (secondary N) is 1. The van der Waals surface area contributed by atoms with Crippen molar-refractivity contribution in [2.45, 2.75) is 39.3 Å². The number of anilines is 2. The van der Waals surface area contributed by atoms with Crippen LogP contribution in [0, 0.1) is 25.2 Å². The third-order valence-corrected chi connectivity index (χ3v) is 6.37. The summed E-state index contributed by atoms with van der Waals surface area (Å²) in [7, 11) is 4.27. The molecule has 0 amide bonds. The lowest BCUT2D eigenvalue weighted by Crippen LogP contribution is -2.31. The third-order valence-electron chi connectivity index (χ3n) is 6.37. The quantitative estimate of drug-likeness (QED) is 0.678. The van der Waals surface area contributed by atoms with Gasteiger partial charge in [0.15, 0.2) is 5.82 Å². The minimum absolute atomic E-state index is 0.0185. The number of fused-ring (bicyclic) bond motifs is 1. The van der Waals surface area contributed by atoms with Crippen molar-refractivity contribution in [1.82, 2.24) is 20.1 Å². The summed E-state index contributed by atoms with van der Waals surface area (Å²) in [5.41, 5.74) is 3.63. The molecular weight excluding hydrogens is 386 g/mol. The van der Waals surface area contributed by atoms with Crippen LogP contribution in [0.2, 0.25) is 0 Å². The Hall–Kier alpha value is -3.24. The summed E-state index contributed by atoms with van der Waals surface area (Å²) < 4.78 is 0. The highest BCUT2D eigenvalue weighted by molar-refractivity contribution is 5.94. The maximum Gasteiger partial charge on any atom is 0.157 e. The van der Waals surface area contributed by atoms with Crippen LogP contribution in [0.1, 0.15) is 41.8 Å². The molecule has 1 fully saturated rings. The van der Waals surface area contributed by atoms with Gasteiger partial charge in [0.2, 0.25) is 0 Å². The third kappa shape index (κ3) is 4.04. The van der Waals surface area contributed by atoms with Crippen LogP contribution in [0.15, 0.2) is 30.5 Å². The van der Waals surface area contributed by atoms with Gasteiger partial charge in [0.25, 0.3) is 0 Å². The molecule has 1 aromatic carbocycles. The summed E-state index contributed by atoms with van der Waals surface area (Å²) in [6.07, 6.45) is 3.05. The van der Waals surface area contributed by atoms with E-state index in [9.17, 15) is 5.26 Å². The average Bonchev–Trinajstić information content (AvgIpc) is 3.26. The molecule has 7 nitrogen and oxygen atoms in total. The molecule has 2 aromatic heterocycles. The van der Waals surface area contributed by atoms with E-state index in [0.717, 1.165) is 58.7 Å². The van der Waals surface area contributed by atoms with E-state index in [1.54, 1.807) is 0 Å². The maximum atomic E-state index is 9.37. The Labute approximate surface area is 183 Å². The monoisotopic (exact) mass is 415 g/mol. The zero-order chi connectivity index (χ0) is 22.1. The maximum absolute atomic E-state index is 9.37. The van der Waals surface area contributed by atoms with Crippen LogP contribution in [-0.4, -0.2) is 53.3 Å². The number of nitriles is 1. The van der Waals surface area contributed by atoms with Crippen LogP contribution in [-0.2, 0) is 0 Å². The molecule has 0 saturated carbocycles. The zero-order valence-electron chi connectivity index (χ0n) is 18.8. The second-order valence-corrected chi connectivity index (χ2v) is 8.57. The van der Waals surface area contributed by atoms with E-state index in [-0.39, 0.29) is 6.04 Å². The smallest absolute Gasteiger partial charge is 0.157 e. The zero-order valence-corrected chi connectivity index (χ0v) is 18.8. The van der Waals surface area contributed by atoms with Gasteiger partial charge in [-0.2, -0.15) is 10.4 Å². The second-order valence-electron chi connectivity index (χ2n) is 8.57. The molecule has 0 bridgehead atoms. The van der Waals surface area contributed by atoms with Crippen LogP contribution in [0.25, 0.3) is 10.8 Å². The largest absolute Gasteiger partial charge is 0.362 e. The number of nitrogens with zero attached hydrogens (tertiary/aromatic N) is 6. The SMILES string of the molecule is Cc1c(C#N)cccc1[C@@H](C)Nc1nnc(C)c2cnc(N3CC[C@H](N(C)C)C3)cc12. The molecule has 1 N–H and O–H groups in total. The molecule has 2 atom stereocenters. The Morgan fingerprint density at radius 2 is 2.03 bits per heavy atom. The molecule has 1 aliphatic heterocycles. The van der Waals surface area contributed by atoms with E-state index in [1.165, 1.54) is 0 Å². The topological polar surface area (TPSA) is 81.0 Å². The standard InChI is InChI=1S/C24H29N7/c1-15-18(12-25)7-6-8-20(15)16(2)27-24-21-11-23(26-13-22(21)17(3)28-29-24)31-10-9-19(14-31)30(4)5/h6-8,11,13,16,19H,9-10,14H2,1-5H3,(H,27,29)/t16-,19+/m1/s1. The first kappa shape index (κ1) is 21.0. The number of aryl methyl sites for hydroxylation is 1. The molecule has 0 radical (unpaired) electrons. The van der Waals surface area contributed by atoms with Gasteiger partial charge < -0.3 is 15.1 Å². The molecule has 1 aliphatic rings. The molecule has 0 aliphatic carbocycles. The van der Waals surface area contributed by atoms with Gasteiger partial charge >= 0.3 is 0 Å². The van der Waals surface area contributed by atoms with Crippen LogP contribution in [0.3, 0.4) is 0 Å².